The Morgan fingerprint density at radius 2 is 2.06 bits per heavy atom. The van der Waals surface area contributed by atoms with Crippen LogP contribution in [0.5, 0.6) is 0 Å². The molecular formula is C16H26NO+. The van der Waals surface area contributed by atoms with Crippen LogP contribution in [0.15, 0.2) is 30.3 Å². The van der Waals surface area contributed by atoms with Crippen LogP contribution in [0.3, 0.4) is 0 Å². The molecule has 1 fully saturated rings. The fourth-order valence-corrected chi connectivity index (χ4v) is 3.14. The molecule has 2 rings (SSSR count). The third-order valence-corrected chi connectivity index (χ3v) is 4.29. The maximum Gasteiger partial charge on any atom is 0.0748 e. The quantitative estimate of drug-likeness (QED) is 0.872. The van der Waals surface area contributed by atoms with E-state index in [2.05, 4.69) is 49.9 Å². The van der Waals surface area contributed by atoms with Crippen LogP contribution in [-0.2, 0) is 10.2 Å². The first kappa shape index (κ1) is 13.6. The van der Waals surface area contributed by atoms with E-state index in [0.717, 1.165) is 26.0 Å². The summed E-state index contributed by atoms with van der Waals surface area (Å²) in [5.41, 5.74) is 5.84. The van der Waals surface area contributed by atoms with Gasteiger partial charge in [0.2, 0.25) is 0 Å². The Morgan fingerprint density at radius 1 is 1.33 bits per heavy atom. The van der Waals surface area contributed by atoms with Gasteiger partial charge in [-0.2, -0.15) is 0 Å². The van der Waals surface area contributed by atoms with Crippen molar-refractivity contribution in [3.8, 4) is 0 Å². The van der Waals surface area contributed by atoms with E-state index >= 15 is 0 Å². The second-order valence-electron chi connectivity index (χ2n) is 5.86. The van der Waals surface area contributed by atoms with Crippen molar-refractivity contribution in [1.82, 2.24) is 0 Å². The van der Waals surface area contributed by atoms with E-state index in [1.54, 1.807) is 0 Å². The van der Waals surface area contributed by atoms with Gasteiger partial charge in [-0.1, -0.05) is 44.2 Å². The van der Waals surface area contributed by atoms with Gasteiger partial charge in [0, 0.05) is 18.4 Å². The van der Waals surface area contributed by atoms with Gasteiger partial charge < -0.3 is 10.5 Å². The zero-order valence-electron chi connectivity index (χ0n) is 11.7. The van der Waals surface area contributed by atoms with E-state index < -0.39 is 0 Å². The van der Waals surface area contributed by atoms with Gasteiger partial charge in [0.1, 0.15) is 0 Å². The topological polar surface area (TPSA) is 36.9 Å². The van der Waals surface area contributed by atoms with Crippen LogP contribution in [0.4, 0.5) is 0 Å². The smallest absolute Gasteiger partial charge is 0.0748 e. The van der Waals surface area contributed by atoms with Gasteiger partial charge in [0.25, 0.3) is 0 Å². The summed E-state index contributed by atoms with van der Waals surface area (Å²) < 4.78 is 5.94. The zero-order chi connectivity index (χ0) is 13.0. The molecule has 1 saturated heterocycles. The lowest BCUT2D eigenvalue weighted by atomic mass is 9.69. The number of hydrogen-bond acceptors (Lipinski definition) is 1. The van der Waals surface area contributed by atoms with Crippen molar-refractivity contribution in [1.29, 1.82) is 0 Å². The molecule has 2 nitrogen and oxygen atoms in total. The van der Waals surface area contributed by atoms with Crippen LogP contribution in [0.2, 0.25) is 0 Å². The first-order chi connectivity index (χ1) is 8.68. The second-order valence-corrected chi connectivity index (χ2v) is 5.86. The molecule has 2 heteroatoms. The fraction of sp³-hybridized carbons (Fsp3) is 0.625. The molecule has 0 spiro atoms. The lowest BCUT2D eigenvalue weighted by molar-refractivity contribution is -0.371. The Morgan fingerprint density at radius 3 is 2.67 bits per heavy atom. The zero-order valence-corrected chi connectivity index (χ0v) is 11.7. The third kappa shape index (κ3) is 2.76. The molecule has 1 aliphatic heterocycles. The van der Waals surface area contributed by atoms with Crippen molar-refractivity contribution in [2.75, 3.05) is 13.2 Å². The predicted molar refractivity (Wildman–Crippen MR) is 74.3 cm³/mol. The van der Waals surface area contributed by atoms with E-state index in [4.69, 9.17) is 4.74 Å². The predicted octanol–water partition coefficient (Wildman–Crippen LogP) is 2.39. The van der Waals surface area contributed by atoms with Crippen LogP contribution in [0, 0.1) is 5.92 Å². The molecule has 0 saturated carbocycles. The SMILES string of the molecule is CC(C)[C@@H]1C[C@@](CC[NH3+])(c2ccccc2)CCO1. The number of hydrogen-bond donors (Lipinski definition) is 1. The van der Waals surface area contributed by atoms with Crippen molar-refractivity contribution in [3.63, 3.8) is 0 Å². The van der Waals surface area contributed by atoms with Crippen LogP contribution in [0.1, 0.15) is 38.7 Å². The highest BCUT2D eigenvalue weighted by molar-refractivity contribution is 5.26. The van der Waals surface area contributed by atoms with Crippen molar-refractivity contribution < 1.29 is 10.5 Å². The summed E-state index contributed by atoms with van der Waals surface area (Å²) in [6.07, 6.45) is 3.84. The lowest BCUT2D eigenvalue weighted by Crippen LogP contribution is -2.54. The van der Waals surface area contributed by atoms with Crippen LogP contribution < -0.4 is 5.73 Å². The summed E-state index contributed by atoms with van der Waals surface area (Å²) in [4.78, 5) is 0. The van der Waals surface area contributed by atoms with Crippen molar-refractivity contribution in [2.24, 2.45) is 5.92 Å². The monoisotopic (exact) mass is 248 g/mol. The highest BCUT2D eigenvalue weighted by atomic mass is 16.5. The Hall–Kier alpha value is -0.860. The Labute approximate surface area is 111 Å². The van der Waals surface area contributed by atoms with E-state index in [-0.39, 0.29) is 5.41 Å². The number of quaternary nitrogens is 1. The van der Waals surface area contributed by atoms with Crippen molar-refractivity contribution in [2.45, 2.75) is 44.6 Å². The van der Waals surface area contributed by atoms with Gasteiger partial charge in [-0.25, -0.2) is 0 Å². The summed E-state index contributed by atoms with van der Waals surface area (Å²) >= 11 is 0. The summed E-state index contributed by atoms with van der Waals surface area (Å²) in [6, 6.07) is 11.0. The average molecular weight is 248 g/mol. The molecule has 100 valence electrons. The lowest BCUT2D eigenvalue weighted by Gasteiger charge is -2.42. The van der Waals surface area contributed by atoms with Gasteiger partial charge in [-0.3, -0.25) is 0 Å². The van der Waals surface area contributed by atoms with E-state index in [1.165, 1.54) is 12.0 Å². The number of ether oxygens (including phenoxy) is 1. The molecule has 1 heterocycles. The molecule has 0 unspecified atom stereocenters. The van der Waals surface area contributed by atoms with E-state index in [1.807, 2.05) is 0 Å². The van der Waals surface area contributed by atoms with E-state index in [9.17, 15) is 0 Å². The first-order valence-electron chi connectivity index (χ1n) is 7.14. The Bertz CT molecular complexity index is 359. The van der Waals surface area contributed by atoms with Crippen LogP contribution in [-0.4, -0.2) is 19.3 Å². The normalized spacial score (nSPS) is 28.6. The molecule has 0 amide bonds. The molecule has 2 atom stereocenters. The standard InChI is InChI=1S/C16H25NO/c1-13(2)15-12-16(8-10-17,9-11-18-15)14-6-4-3-5-7-14/h3-7,13,15H,8-12,17H2,1-2H3/p+1/t15-,16-/m0/s1. The third-order valence-electron chi connectivity index (χ3n) is 4.29. The summed E-state index contributed by atoms with van der Waals surface area (Å²) in [5.74, 6) is 0.596. The Balaban J connectivity index is 2.26. The van der Waals surface area contributed by atoms with Gasteiger partial charge in [0.05, 0.1) is 12.6 Å². The minimum absolute atomic E-state index is 0.288. The minimum Gasteiger partial charge on any atom is -0.378 e. The highest BCUT2D eigenvalue weighted by Gasteiger charge is 2.39. The molecule has 0 radical (unpaired) electrons. The Kier molecular flexibility index (Phi) is 4.41. The van der Waals surface area contributed by atoms with Gasteiger partial charge in [-0.05, 0) is 24.3 Å². The first-order valence-corrected chi connectivity index (χ1v) is 7.14. The van der Waals surface area contributed by atoms with Crippen molar-refractivity contribution >= 4 is 0 Å². The fourth-order valence-electron chi connectivity index (χ4n) is 3.14. The molecule has 0 aromatic heterocycles. The maximum absolute atomic E-state index is 5.94. The second kappa shape index (κ2) is 5.85. The van der Waals surface area contributed by atoms with Gasteiger partial charge in [-0.15, -0.1) is 0 Å². The molecule has 0 aliphatic carbocycles. The van der Waals surface area contributed by atoms with Crippen molar-refractivity contribution in [3.05, 3.63) is 35.9 Å². The van der Waals surface area contributed by atoms with Gasteiger partial charge >= 0.3 is 0 Å². The molecule has 1 aliphatic rings. The largest absolute Gasteiger partial charge is 0.378 e. The summed E-state index contributed by atoms with van der Waals surface area (Å²) in [5, 5.41) is 0. The maximum atomic E-state index is 5.94. The molecule has 3 N–H and O–H groups in total. The molecule has 1 aromatic rings. The average Bonchev–Trinajstić information content (AvgIpc) is 2.40. The number of benzene rings is 1. The van der Waals surface area contributed by atoms with Crippen LogP contribution >= 0.6 is 0 Å². The summed E-state index contributed by atoms with van der Waals surface area (Å²) in [7, 11) is 0. The number of rotatable bonds is 4. The van der Waals surface area contributed by atoms with Crippen LogP contribution in [0.25, 0.3) is 0 Å². The molecular weight excluding hydrogens is 222 g/mol. The molecule has 18 heavy (non-hydrogen) atoms. The molecule has 0 bridgehead atoms. The van der Waals surface area contributed by atoms with E-state index in [0.29, 0.717) is 12.0 Å². The highest BCUT2D eigenvalue weighted by Crippen LogP contribution is 2.41. The summed E-state index contributed by atoms with van der Waals surface area (Å²) in [6.45, 7) is 6.41. The molecule has 1 aromatic carbocycles. The minimum atomic E-state index is 0.288. The van der Waals surface area contributed by atoms with Gasteiger partial charge in [0.15, 0.2) is 0 Å².